The van der Waals surface area contributed by atoms with Crippen LogP contribution in [0, 0.1) is 12.7 Å². The van der Waals surface area contributed by atoms with E-state index < -0.39 is 0 Å². The van der Waals surface area contributed by atoms with E-state index >= 15 is 0 Å². The minimum Gasteiger partial charge on any atom is -0.322 e. The molecule has 0 aliphatic carbocycles. The molecule has 0 aliphatic heterocycles. The standard InChI is InChI=1S/C20H19FN4O2/c1-13-19(12-22-25(13)18-8-4-15(21)5-9-18)20(27)23-16-6-10-17(11-7-16)24(3)14(2)26/h4-12H,1-3H3,(H,23,27). The summed E-state index contributed by atoms with van der Waals surface area (Å²) in [4.78, 5) is 25.5. The molecule has 0 saturated heterocycles. The summed E-state index contributed by atoms with van der Waals surface area (Å²) in [5.41, 5.74) is 3.08. The van der Waals surface area contributed by atoms with Crippen LogP contribution in [0.15, 0.2) is 54.7 Å². The molecule has 2 amide bonds. The molecule has 138 valence electrons. The van der Waals surface area contributed by atoms with Crippen molar-refractivity contribution in [3.8, 4) is 5.69 Å². The predicted octanol–water partition coefficient (Wildman–Crippen LogP) is 3.55. The number of carbonyl (C=O) groups is 2. The monoisotopic (exact) mass is 366 g/mol. The van der Waals surface area contributed by atoms with Crippen LogP contribution in [0.1, 0.15) is 23.0 Å². The number of hydrogen-bond donors (Lipinski definition) is 1. The summed E-state index contributed by atoms with van der Waals surface area (Å²) in [6, 6.07) is 12.9. The molecule has 0 spiro atoms. The van der Waals surface area contributed by atoms with Gasteiger partial charge in [0.05, 0.1) is 23.1 Å². The Morgan fingerprint density at radius 1 is 1.07 bits per heavy atom. The third-order valence-electron chi connectivity index (χ3n) is 4.31. The van der Waals surface area contributed by atoms with E-state index in [1.54, 1.807) is 55.1 Å². The van der Waals surface area contributed by atoms with Gasteiger partial charge in [-0.15, -0.1) is 0 Å². The van der Waals surface area contributed by atoms with E-state index in [0.717, 1.165) is 5.69 Å². The molecular formula is C20H19FN4O2. The van der Waals surface area contributed by atoms with E-state index in [1.165, 1.54) is 30.2 Å². The third kappa shape index (κ3) is 3.87. The van der Waals surface area contributed by atoms with Crippen LogP contribution < -0.4 is 10.2 Å². The van der Waals surface area contributed by atoms with Gasteiger partial charge in [-0.3, -0.25) is 9.59 Å². The number of nitrogens with zero attached hydrogens (tertiary/aromatic N) is 3. The number of carbonyl (C=O) groups excluding carboxylic acids is 2. The highest BCUT2D eigenvalue weighted by Gasteiger charge is 2.15. The summed E-state index contributed by atoms with van der Waals surface area (Å²) in [7, 11) is 1.68. The van der Waals surface area contributed by atoms with Gasteiger partial charge in [0.25, 0.3) is 5.91 Å². The van der Waals surface area contributed by atoms with Gasteiger partial charge in [0.2, 0.25) is 5.91 Å². The summed E-state index contributed by atoms with van der Waals surface area (Å²) < 4.78 is 14.7. The molecule has 1 N–H and O–H groups in total. The molecule has 1 aromatic heterocycles. The Morgan fingerprint density at radius 2 is 1.70 bits per heavy atom. The highest BCUT2D eigenvalue weighted by Crippen LogP contribution is 2.19. The summed E-state index contributed by atoms with van der Waals surface area (Å²) in [6.07, 6.45) is 1.48. The lowest BCUT2D eigenvalue weighted by atomic mass is 10.2. The summed E-state index contributed by atoms with van der Waals surface area (Å²) in [5, 5.41) is 7.04. The van der Waals surface area contributed by atoms with Gasteiger partial charge < -0.3 is 10.2 Å². The van der Waals surface area contributed by atoms with E-state index in [0.29, 0.717) is 22.6 Å². The van der Waals surface area contributed by atoms with Crippen molar-refractivity contribution >= 4 is 23.2 Å². The summed E-state index contributed by atoms with van der Waals surface area (Å²) >= 11 is 0. The van der Waals surface area contributed by atoms with Crippen molar-refractivity contribution in [3.63, 3.8) is 0 Å². The molecule has 0 saturated carbocycles. The first kappa shape index (κ1) is 18.3. The van der Waals surface area contributed by atoms with E-state index in [2.05, 4.69) is 10.4 Å². The Labute approximate surface area is 156 Å². The molecular weight excluding hydrogens is 347 g/mol. The SMILES string of the molecule is CC(=O)N(C)c1ccc(NC(=O)c2cnn(-c3ccc(F)cc3)c2C)cc1. The number of rotatable bonds is 4. The van der Waals surface area contributed by atoms with Crippen LogP contribution >= 0.6 is 0 Å². The lowest BCUT2D eigenvalue weighted by Gasteiger charge is -2.15. The molecule has 1 heterocycles. The number of benzene rings is 2. The van der Waals surface area contributed by atoms with Gasteiger partial charge >= 0.3 is 0 Å². The zero-order valence-corrected chi connectivity index (χ0v) is 15.2. The average Bonchev–Trinajstić information content (AvgIpc) is 3.04. The Balaban J connectivity index is 1.77. The van der Waals surface area contributed by atoms with Gasteiger partial charge in [-0.1, -0.05) is 0 Å². The van der Waals surface area contributed by atoms with Crippen LogP contribution in [0.5, 0.6) is 0 Å². The first-order chi connectivity index (χ1) is 12.9. The Morgan fingerprint density at radius 3 is 2.30 bits per heavy atom. The van der Waals surface area contributed by atoms with E-state index in [9.17, 15) is 14.0 Å². The van der Waals surface area contributed by atoms with E-state index in [1.807, 2.05) is 0 Å². The van der Waals surface area contributed by atoms with E-state index in [4.69, 9.17) is 0 Å². The molecule has 0 fully saturated rings. The van der Waals surface area contributed by atoms with Crippen LogP contribution in [-0.4, -0.2) is 28.6 Å². The van der Waals surface area contributed by atoms with Crippen molar-refractivity contribution in [2.24, 2.45) is 0 Å². The maximum Gasteiger partial charge on any atom is 0.259 e. The Hall–Kier alpha value is -3.48. The van der Waals surface area contributed by atoms with Crippen LogP contribution in [-0.2, 0) is 4.79 Å². The number of aromatic nitrogens is 2. The van der Waals surface area contributed by atoms with Crippen molar-refractivity contribution in [1.82, 2.24) is 9.78 Å². The molecule has 3 aromatic rings. The van der Waals surface area contributed by atoms with Gasteiger partial charge in [0.1, 0.15) is 5.82 Å². The fourth-order valence-corrected chi connectivity index (χ4v) is 2.62. The molecule has 2 aromatic carbocycles. The van der Waals surface area contributed by atoms with Gasteiger partial charge in [-0.05, 0) is 55.5 Å². The normalized spacial score (nSPS) is 10.5. The Kier molecular flexibility index (Phi) is 5.03. The van der Waals surface area contributed by atoms with Crippen LogP contribution in [0.25, 0.3) is 5.69 Å². The van der Waals surface area contributed by atoms with Crippen LogP contribution in [0.3, 0.4) is 0 Å². The maximum atomic E-state index is 13.1. The zero-order chi connectivity index (χ0) is 19.6. The van der Waals surface area contributed by atoms with Gasteiger partial charge in [-0.25, -0.2) is 9.07 Å². The quantitative estimate of drug-likeness (QED) is 0.768. The number of hydrogen-bond acceptors (Lipinski definition) is 3. The minimum atomic E-state index is -0.333. The third-order valence-corrected chi connectivity index (χ3v) is 4.31. The van der Waals surface area contributed by atoms with Crippen molar-refractivity contribution < 1.29 is 14.0 Å². The minimum absolute atomic E-state index is 0.0735. The fraction of sp³-hybridized carbons (Fsp3) is 0.150. The number of anilines is 2. The zero-order valence-electron chi connectivity index (χ0n) is 15.2. The second-order valence-corrected chi connectivity index (χ2v) is 6.11. The topological polar surface area (TPSA) is 67.2 Å². The van der Waals surface area contributed by atoms with Crippen molar-refractivity contribution in [3.05, 3.63) is 71.8 Å². The predicted molar refractivity (Wildman–Crippen MR) is 102 cm³/mol. The molecule has 27 heavy (non-hydrogen) atoms. The molecule has 0 unspecified atom stereocenters. The molecule has 0 atom stereocenters. The van der Waals surface area contributed by atoms with Gasteiger partial charge in [-0.2, -0.15) is 5.10 Å². The molecule has 0 radical (unpaired) electrons. The molecule has 6 nitrogen and oxygen atoms in total. The average molecular weight is 366 g/mol. The van der Waals surface area contributed by atoms with E-state index in [-0.39, 0.29) is 17.6 Å². The van der Waals surface area contributed by atoms with Crippen molar-refractivity contribution in [1.29, 1.82) is 0 Å². The lowest BCUT2D eigenvalue weighted by molar-refractivity contribution is -0.116. The highest BCUT2D eigenvalue weighted by atomic mass is 19.1. The lowest BCUT2D eigenvalue weighted by Crippen LogP contribution is -2.22. The largest absolute Gasteiger partial charge is 0.322 e. The summed E-state index contributed by atoms with van der Waals surface area (Å²) in [5.74, 6) is -0.704. The van der Waals surface area contributed by atoms with Crippen molar-refractivity contribution in [2.45, 2.75) is 13.8 Å². The molecule has 7 heteroatoms. The molecule has 3 rings (SSSR count). The fourth-order valence-electron chi connectivity index (χ4n) is 2.62. The second-order valence-electron chi connectivity index (χ2n) is 6.11. The number of halogens is 1. The van der Waals surface area contributed by atoms with Crippen molar-refractivity contribution in [2.75, 3.05) is 17.3 Å². The molecule has 0 aliphatic rings. The van der Waals surface area contributed by atoms with Gasteiger partial charge in [0, 0.05) is 25.3 Å². The Bertz CT molecular complexity index is 978. The van der Waals surface area contributed by atoms with Gasteiger partial charge in [0.15, 0.2) is 0 Å². The first-order valence-corrected chi connectivity index (χ1v) is 8.33. The van der Waals surface area contributed by atoms with Crippen LogP contribution in [0.2, 0.25) is 0 Å². The first-order valence-electron chi connectivity index (χ1n) is 8.33. The molecule has 0 bridgehead atoms. The second kappa shape index (κ2) is 7.41. The number of nitrogens with one attached hydrogen (secondary N) is 1. The summed E-state index contributed by atoms with van der Waals surface area (Å²) in [6.45, 7) is 3.26. The van der Waals surface area contributed by atoms with Crippen LogP contribution in [0.4, 0.5) is 15.8 Å². The maximum absolute atomic E-state index is 13.1. The highest BCUT2D eigenvalue weighted by molar-refractivity contribution is 6.05. The number of amides is 2. The smallest absolute Gasteiger partial charge is 0.259 e.